The van der Waals surface area contributed by atoms with Crippen molar-refractivity contribution in [2.45, 2.75) is 36.9 Å². The minimum atomic E-state index is -3.45. The molecule has 17 heavy (non-hydrogen) atoms. The van der Waals surface area contributed by atoms with Crippen LogP contribution in [0, 0.1) is 5.82 Å². The molecule has 0 unspecified atom stereocenters. The van der Waals surface area contributed by atoms with E-state index in [1.165, 1.54) is 12.1 Å². The Balaban J connectivity index is 2.15. The standard InChI is InChI=1S/C12H16FNO2S/c13-11-6-4-9(5-7-11)10-2-1-3-12(8-10)17(14,15)16/h4-7,10,12H,1-3,8H2,(H2,14,15,16)/t10-,12+/m0/s1. The first-order valence-corrected chi connectivity index (χ1v) is 7.35. The molecule has 0 heterocycles. The molecular formula is C12H16FNO2S. The van der Waals surface area contributed by atoms with Crippen LogP contribution in [0.15, 0.2) is 24.3 Å². The van der Waals surface area contributed by atoms with E-state index in [0.717, 1.165) is 18.4 Å². The molecule has 0 spiro atoms. The number of halogens is 1. The maximum atomic E-state index is 12.8. The summed E-state index contributed by atoms with van der Waals surface area (Å²) in [5, 5.41) is 4.73. The van der Waals surface area contributed by atoms with Crippen LogP contribution in [0.2, 0.25) is 0 Å². The van der Waals surface area contributed by atoms with Crippen molar-refractivity contribution < 1.29 is 12.8 Å². The molecule has 2 atom stereocenters. The van der Waals surface area contributed by atoms with E-state index in [4.69, 9.17) is 5.14 Å². The van der Waals surface area contributed by atoms with Gasteiger partial charge < -0.3 is 0 Å². The molecule has 0 amide bonds. The Morgan fingerprint density at radius 3 is 2.41 bits per heavy atom. The fourth-order valence-electron chi connectivity index (χ4n) is 2.48. The van der Waals surface area contributed by atoms with Gasteiger partial charge in [0.15, 0.2) is 0 Å². The molecule has 1 aliphatic carbocycles. The molecule has 1 aromatic rings. The zero-order valence-electron chi connectivity index (χ0n) is 9.47. The maximum Gasteiger partial charge on any atom is 0.211 e. The van der Waals surface area contributed by atoms with Gasteiger partial charge in [-0.3, -0.25) is 0 Å². The first-order valence-electron chi connectivity index (χ1n) is 5.74. The molecule has 1 aliphatic rings. The summed E-state index contributed by atoms with van der Waals surface area (Å²) in [6.45, 7) is 0. The molecule has 3 nitrogen and oxygen atoms in total. The fraction of sp³-hybridized carbons (Fsp3) is 0.500. The quantitative estimate of drug-likeness (QED) is 0.882. The van der Waals surface area contributed by atoms with Gasteiger partial charge in [0.1, 0.15) is 5.82 Å². The summed E-state index contributed by atoms with van der Waals surface area (Å²) in [4.78, 5) is 0. The number of sulfonamides is 1. The lowest BCUT2D eigenvalue weighted by Crippen LogP contribution is -2.32. The Morgan fingerprint density at radius 1 is 1.18 bits per heavy atom. The molecule has 2 rings (SSSR count). The van der Waals surface area contributed by atoms with Gasteiger partial charge in [0.25, 0.3) is 0 Å². The molecule has 1 saturated carbocycles. The van der Waals surface area contributed by atoms with Gasteiger partial charge in [-0.1, -0.05) is 18.6 Å². The van der Waals surface area contributed by atoms with Crippen molar-refractivity contribution in [3.8, 4) is 0 Å². The van der Waals surface area contributed by atoms with Gasteiger partial charge in [0.2, 0.25) is 10.0 Å². The van der Waals surface area contributed by atoms with Crippen molar-refractivity contribution in [3.63, 3.8) is 0 Å². The van der Waals surface area contributed by atoms with Crippen LogP contribution in [0.1, 0.15) is 37.2 Å². The average molecular weight is 257 g/mol. The minimum absolute atomic E-state index is 0.174. The van der Waals surface area contributed by atoms with E-state index in [-0.39, 0.29) is 11.7 Å². The second-order valence-corrected chi connectivity index (χ2v) is 6.47. The van der Waals surface area contributed by atoms with E-state index < -0.39 is 15.3 Å². The summed E-state index contributed by atoms with van der Waals surface area (Å²) < 4.78 is 35.5. The maximum absolute atomic E-state index is 12.8. The summed E-state index contributed by atoms with van der Waals surface area (Å²) in [5.74, 6) is -0.0970. The van der Waals surface area contributed by atoms with Crippen LogP contribution < -0.4 is 5.14 Å². The van der Waals surface area contributed by atoms with Gasteiger partial charge in [-0.25, -0.2) is 17.9 Å². The minimum Gasteiger partial charge on any atom is -0.228 e. The van der Waals surface area contributed by atoms with Crippen molar-refractivity contribution in [1.82, 2.24) is 0 Å². The predicted molar refractivity (Wildman–Crippen MR) is 64.5 cm³/mol. The van der Waals surface area contributed by atoms with Gasteiger partial charge in [-0.2, -0.15) is 0 Å². The first kappa shape index (κ1) is 12.5. The summed E-state index contributed by atoms with van der Waals surface area (Å²) in [6.07, 6.45) is 2.97. The third-order valence-electron chi connectivity index (χ3n) is 3.43. The van der Waals surface area contributed by atoms with Crippen LogP contribution in [0.3, 0.4) is 0 Å². The zero-order chi connectivity index (χ0) is 12.5. The van der Waals surface area contributed by atoms with E-state index in [1.54, 1.807) is 12.1 Å². The molecule has 2 N–H and O–H groups in total. The molecule has 0 radical (unpaired) electrons. The molecule has 0 aliphatic heterocycles. The Morgan fingerprint density at radius 2 is 1.82 bits per heavy atom. The lowest BCUT2D eigenvalue weighted by molar-refractivity contribution is 0.434. The second-order valence-electron chi connectivity index (χ2n) is 4.63. The van der Waals surface area contributed by atoms with Crippen molar-refractivity contribution >= 4 is 10.0 Å². The van der Waals surface area contributed by atoms with Gasteiger partial charge in [-0.15, -0.1) is 0 Å². The lowest BCUT2D eigenvalue weighted by Gasteiger charge is -2.27. The lowest BCUT2D eigenvalue weighted by atomic mass is 9.84. The van der Waals surface area contributed by atoms with Gasteiger partial charge in [0, 0.05) is 0 Å². The van der Waals surface area contributed by atoms with Crippen molar-refractivity contribution in [3.05, 3.63) is 35.6 Å². The third-order valence-corrected chi connectivity index (χ3v) is 4.79. The van der Waals surface area contributed by atoms with Gasteiger partial charge >= 0.3 is 0 Å². The Kier molecular flexibility index (Phi) is 3.49. The van der Waals surface area contributed by atoms with Crippen molar-refractivity contribution in [2.24, 2.45) is 5.14 Å². The topological polar surface area (TPSA) is 60.2 Å². The van der Waals surface area contributed by atoms with Crippen molar-refractivity contribution in [1.29, 1.82) is 0 Å². The number of benzene rings is 1. The van der Waals surface area contributed by atoms with Gasteiger partial charge in [0.05, 0.1) is 5.25 Å². The molecule has 5 heteroatoms. The summed E-state index contributed by atoms with van der Waals surface area (Å²) in [6, 6.07) is 6.28. The molecule has 1 fully saturated rings. The molecule has 94 valence electrons. The van der Waals surface area contributed by atoms with E-state index in [9.17, 15) is 12.8 Å². The number of hydrogen-bond donors (Lipinski definition) is 1. The largest absolute Gasteiger partial charge is 0.228 e. The molecule has 0 bridgehead atoms. The first-order chi connectivity index (χ1) is 7.97. The number of hydrogen-bond acceptors (Lipinski definition) is 2. The monoisotopic (exact) mass is 257 g/mol. The molecular weight excluding hydrogens is 241 g/mol. The summed E-state index contributed by atoms with van der Waals surface area (Å²) >= 11 is 0. The van der Waals surface area contributed by atoms with Crippen LogP contribution in [0.4, 0.5) is 4.39 Å². The highest BCUT2D eigenvalue weighted by Crippen LogP contribution is 2.35. The average Bonchev–Trinajstić information content (AvgIpc) is 2.29. The third kappa shape index (κ3) is 3.04. The smallest absolute Gasteiger partial charge is 0.211 e. The SMILES string of the molecule is NS(=O)(=O)[C@@H]1CCC[C@H](c2ccc(F)cc2)C1. The summed E-state index contributed by atoms with van der Waals surface area (Å²) in [5.41, 5.74) is 1.000. The highest BCUT2D eigenvalue weighted by atomic mass is 32.2. The predicted octanol–water partition coefficient (Wildman–Crippen LogP) is 2.14. The zero-order valence-corrected chi connectivity index (χ0v) is 10.3. The van der Waals surface area contributed by atoms with Gasteiger partial charge in [-0.05, 0) is 42.9 Å². The fourth-order valence-corrected chi connectivity index (χ4v) is 3.48. The normalized spacial score (nSPS) is 25.8. The van der Waals surface area contributed by atoms with E-state index in [1.807, 2.05) is 0 Å². The Labute approximate surface area is 101 Å². The Hall–Kier alpha value is -0.940. The number of rotatable bonds is 2. The van der Waals surface area contributed by atoms with Crippen molar-refractivity contribution in [2.75, 3.05) is 0 Å². The molecule has 0 saturated heterocycles. The van der Waals surface area contributed by atoms with Crippen LogP contribution in [-0.2, 0) is 10.0 Å². The van der Waals surface area contributed by atoms with E-state index >= 15 is 0 Å². The molecule has 1 aromatic carbocycles. The number of primary sulfonamides is 1. The second kappa shape index (κ2) is 4.74. The number of nitrogens with two attached hydrogens (primary N) is 1. The van der Waals surface area contributed by atoms with Crippen LogP contribution in [0.25, 0.3) is 0 Å². The molecule has 0 aromatic heterocycles. The van der Waals surface area contributed by atoms with Crippen LogP contribution in [-0.4, -0.2) is 13.7 Å². The highest BCUT2D eigenvalue weighted by Gasteiger charge is 2.29. The van der Waals surface area contributed by atoms with Crippen LogP contribution in [0.5, 0.6) is 0 Å². The van der Waals surface area contributed by atoms with Crippen LogP contribution >= 0.6 is 0 Å². The van der Waals surface area contributed by atoms with E-state index in [0.29, 0.717) is 12.8 Å². The summed E-state index contributed by atoms with van der Waals surface area (Å²) in [7, 11) is -3.45. The van der Waals surface area contributed by atoms with E-state index in [2.05, 4.69) is 0 Å². The Bertz CT molecular complexity index is 484. The highest BCUT2D eigenvalue weighted by molar-refractivity contribution is 7.89.